The molecule has 0 radical (unpaired) electrons. The number of benzene rings is 2. The summed E-state index contributed by atoms with van der Waals surface area (Å²) in [5.74, 6) is -1.86. The van der Waals surface area contributed by atoms with Gasteiger partial charge in [0.25, 0.3) is 5.91 Å². The fraction of sp³-hybridized carbons (Fsp3) is 0.423. The van der Waals surface area contributed by atoms with Crippen LogP contribution >= 0.6 is 0 Å². The van der Waals surface area contributed by atoms with Gasteiger partial charge in [-0.3, -0.25) is 4.79 Å². The van der Waals surface area contributed by atoms with E-state index < -0.39 is 29.0 Å². The number of nitrogens with one attached hydrogen (secondary N) is 1. The van der Waals surface area contributed by atoms with Crippen molar-refractivity contribution in [2.75, 3.05) is 27.4 Å². The van der Waals surface area contributed by atoms with Gasteiger partial charge in [0.2, 0.25) is 0 Å². The third-order valence-corrected chi connectivity index (χ3v) is 6.76. The van der Waals surface area contributed by atoms with E-state index >= 15 is 0 Å². The van der Waals surface area contributed by atoms with Gasteiger partial charge in [0, 0.05) is 20.1 Å². The highest BCUT2D eigenvalue weighted by Gasteiger charge is 2.46. The molecule has 1 atom stereocenters. The minimum Gasteiger partial charge on any atom is -0.480 e. The van der Waals surface area contributed by atoms with Crippen LogP contribution in [0.1, 0.15) is 44.2 Å². The second-order valence-electron chi connectivity index (χ2n) is 9.05. The molecule has 1 aliphatic rings. The largest absolute Gasteiger partial charge is 0.480 e. The average molecular weight is 469 g/mol. The molecule has 0 spiro atoms. The van der Waals surface area contributed by atoms with Gasteiger partial charge in [0.05, 0.1) is 6.61 Å². The van der Waals surface area contributed by atoms with Crippen molar-refractivity contribution in [3.8, 4) is 11.1 Å². The molecule has 0 heterocycles. The van der Waals surface area contributed by atoms with Crippen LogP contribution in [0.4, 0.5) is 4.79 Å². The van der Waals surface area contributed by atoms with E-state index in [0.717, 1.165) is 27.2 Å². The number of carboxylic acids is 1. The zero-order valence-electron chi connectivity index (χ0n) is 20.3. The lowest BCUT2D eigenvalue weighted by Gasteiger charge is -2.40. The third kappa shape index (κ3) is 4.50. The van der Waals surface area contributed by atoms with Gasteiger partial charge in [0.15, 0.2) is 0 Å². The minimum atomic E-state index is -1.48. The van der Waals surface area contributed by atoms with Crippen LogP contribution < -0.4 is 5.32 Å². The maximum Gasteiger partial charge on any atom is 0.408 e. The zero-order chi connectivity index (χ0) is 25.1. The molecule has 34 heavy (non-hydrogen) atoms. The molecule has 182 valence electrons. The van der Waals surface area contributed by atoms with Gasteiger partial charge >= 0.3 is 12.1 Å². The highest BCUT2D eigenvalue weighted by molar-refractivity contribution is 5.94. The summed E-state index contributed by atoms with van der Waals surface area (Å²) >= 11 is 0. The Morgan fingerprint density at radius 2 is 1.56 bits per heavy atom. The van der Waals surface area contributed by atoms with Gasteiger partial charge in [-0.05, 0) is 42.5 Å². The molecule has 0 aliphatic heterocycles. The van der Waals surface area contributed by atoms with Crippen LogP contribution in [0.25, 0.3) is 11.1 Å². The number of nitrogens with zero attached hydrogens (tertiary/aromatic N) is 1. The number of methoxy groups -OCH3 is 1. The molecule has 2 aromatic carbocycles. The van der Waals surface area contributed by atoms with Crippen LogP contribution in [0, 0.1) is 0 Å². The molecule has 3 rings (SSSR count). The Labute approximate surface area is 199 Å². The van der Waals surface area contributed by atoms with Crippen molar-refractivity contribution in [1.29, 1.82) is 0 Å². The van der Waals surface area contributed by atoms with Gasteiger partial charge in [-0.25, -0.2) is 9.59 Å². The topological polar surface area (TPSA) is 105 Å². The molecule has 0 bridgehead atoms. The van der Waals surface area contributed by atoms with E-state index in [0.29, 0.717) is 0 Å². The summed E-state index contributed by atoms with van der Waals surface area (Å²) in [5.41, 5.74) is 1.43. The zero-order valence-corrected chi connectivity index (χ0v) is 20.3. The number of aliphatic carboxylic acids is 1. The van der Waals surface area contributed by atoms with Crippen molar-refractivity contribution < 1.29 is 29.0 Å². The molecule has 0 saturated carbocycles. The molecule has 2 aromatic rings. The van der Waals surface area contributed by atoms with Crippen LogP contribution in [0.5, 0.6) is 0 Å². The van der Waals surface area contributed by atoms with Crippen LogP contribution in [0.15, 0.2) is 48.5 Å². The summed E-state index contributed by atoms with van der Waals surface area (Å²) < 4.78 is 10.9. The third-order valence-electron chi connectivity index (χ3n) is 6.76. The molecule has 8 heteroatoms. The van der Waals surface area contributed by atoms with E-state index in [2.05, 4.69) is 5.32 Å². The predicted molar refractivity (Wildman–Crippen MR) is 128 cm³/mol. The number of likely N-dealkylation sites (N-methyl/N-ethyl adjacent to an activating group) is 1. The molecular formula is C26H32N2O6. The Morgan fingerprint density at radius 3 is 2.03 bits per heavy atom. The molecule has 8 nitrogen and oxygen atoms in total. The van der Waals surface area contributed by atoms with E-state index in [4.69, 9.17) is 9.47 Å². The molecule has 2 N–H and O–H groups in total. The standard InChI is InChI=1S/C26H32N2O6/c1-6-26(16-33-5,22(29)28(4)25(2,3)23(30)31)27-24(32)34-15-21-19-13-9-7-11-17(19)18-12-8-10-14-20(18)21/h7-14,21H,6,15-16H2,1-5H3,(H,27,32)(H,30,31). The molecule has 1 unspecified atom stereocenters. The Hall–Kier alpha value is -3.39. The van der Waals surface area contributed by atoms with Crippen LogP contribution in [-0.2, 0) is 19.1 Å². The molecule has 1 aliphatic carbocycles. The van der Waals surface area contributed by atoms with Crippen molar-refractivity contribution in [1.82, 2.24) is 10.2 Å². The lowest BCUT2D eigenvalue weighted by Crippen LogP contribution is -2.65. The molecule has 0 saturated heterocycles. The quantitative estimate of drug-likeness (QED) is 0.582. The predicted octanol–water partition coefficient (Wildman–Crippen LogP) is 3.64. The molecule has 2 amide bonds. The first-order valence-electron chi connectivity index (χ1n) is 11.2. The van der Waals surface area contributed by atoms with Gasteiger partial charge in [-0.15, -0.1) is 0 Å². The molecule has 0 fully saturated rings. The van der Waals surface area contributed by atoms with E-state index in [9.17, 15) is 19.5 Å². The summed E-state index contributed by atoms with van der Waals surface area (Å²) in [4.78, 5) is 39.1. The summed E-state index contributed by atoms with van der Waals surface area (Å²) in [6.07, 6.45) is -0.583. The van der Waals surface area contributed by atoms with E-state index in [-0.39, 0.29) is 25.6 Å². The second-order valence-corrected chi connectivity index (χ2v) is 9.05. The number of carboxylic acid groups (broad SMARTS) is 1. The number of amides is 2. The normalized spacial score (nSPS) is 14.5. The summed E-state index contributed by atoms with van der Waals surface area (Å²) in [6.45, 7) is 4.54. The van der Waals surface area contributed by atoms with Crippen molar-refractivity contribution in [3.63, 3.8) is 0 Å². The fourth-order valence-corrected chi connectivity index (χ4v) is 4.29. The Balaban J connectivity index is 1.79. The Morgan fingerprint density at radius 1 is 1.03 bits per heavy atom. The maximum absolute atomic E-state index is 13.4. The first-order valence-corrected chi connectivity index (χ1v) is 11.2. The smallest absolute Gasteiger partial charge is 0.408 e. The van der Waals surface area contributed by atoms with Crippen LogP contribution in [0.3, 0.4) is 0 Å². The second kappa shape index (κ2) is 9.85. The summed E-state index contributed by atoms with van der Waals surface area (Å²) in [7, 11) is 2.81. The monoisotopic (exact) mass is 468 g/mol. The van der Waals surface area contributed by atoms with Gasteiger partial charge in [-0.1, -0.05) is 55.5 Å². The molecule has 0 aromatic heterocycles. The van der Waals surface area contributed by atoms with Gasteiger partial charge in [0.1, 0.15) is 17.7 Å². The van der Waals surface area contributed by atoms with Crippen molar-refractivity contribution in [2.45, 2.75) is 44.2 Å². The molecular weight excluding hydrogens is 436 g/mol. The van der Waals surface area contributed by atoms with Crippen LogP contribution in [-0.4, -0.2) is 66.4 Å². The number of hydrogen-bond donors (Lipinski definition) is 2. The SMILES string of the molecule is CCC(COC)(NC(=O)OCC1c2ccccc2-c2ccccc21)C(=O)N(C)C(C)(C)C(=O)O. The van der Waals surface area contributed by atoms with Gasteiger partial charge < -0.3 is 24.8 Å². The number of hydrogen-bond acceptors (Lipinski definition) is 5. The van der Waals surface area contributed by atoms with Crippen molar-refractivity contribution in [3.05, 3.63) is 59.7 Å². The van der Waals surface area contributed by atoms with Gasteiger partial charge in [-0.2, -0.15) is 0 Å². The van der Waals surface area contributed by atoms with Crippen LogP contribution in [0.2, 0.25) is 0 Å². The highest BCUT2D eigenvalue weighted by Crippen LogP contribution is 2.44. The van der Waals surface area contributed by atoms with E-state index in [1.807, 2.05) is 48.5 Å². The summed E-state index contributed by atoms with van der Waals surface area (Å²) in [5, 5.41) is 12.2. The number of carbonyl (C=O) groups excluding carboxylic acids is 2. The maximum atomic E-state index is 13.4. The lowest BCUT2D eigenvalue weighted by atomic mass is 9.92. The minimum absolute atomic E-state index is 0.0945. The average Bonchev–Trinajstić information content (AvgIpc) is 3.15. The highest BCUT2D eigenvalue weighted by atomic mass is 16.5. The number of alkyl carbamates (subject to hydrolysis) is 1. The first kappa shape index (κ1) is 25.2. The van der Waals surface area contributed by atoms with E-state index in [1.165, 1.54) is 28.0 Å². The number of ether oxygens (including phenoxy) is 2. The van der Waals surface area contributed by atoms with E-state index in [1.54, 1.807) is 6.92 Å². The van der Waals surface area contributed by atoms with Crippen molar-refractivity contribution >= 4 is 18.0 Å². The first-order chi connectivity index (χ1) is 16.1. The lowest BCUT2D eigenvalue weighted by molar-refractivity contribution is -0.159. The number of rotatable bonds is 9. The van der Waals surface area contributed by atoms with Crippen molar-refractivity contribution in [2.24, 2.45) is 0 Å². The number of fused-ring (bicyclic) bond motifs is 3. The Bertz CT molecular complexity index is 1040. The number of carbonyl (C=O) groups is 3. The summed E-state index contributed by atoms with van der Waals surface area (Å²) in [6, 6.07) is 16.0. The fourth-order valence-electron chi connectivity index (χ4n) is 4.29. The Kier molecular flexibility index (Phi) is 7.31.